The van der Waals surface area contributed by atoms with Gasteiger partial charge in [-0.3, -0.25) is 18.9 Å². The van der Waals surface area contributed by atoms with E-state index in [-0.39, 0.29) is 17.7 Å². The van der Waals surface area contributed by atoms with Gasteiger partial charge in [0.25, 0.3) is 11.5 Å². The Bertz CT molecular complexity index is 1030. The van der Waals surface area contributed by atoms with Gasteiger partial charge in [0.1, 0.15) is 5.56 Å². The second-order valence-electron chi connectivity index (χ2n) is 7.43. The maximum atomic E-state index is 12.4. The summed E-state index contributed by atoms with van der Waals surface area (Å²) < 4.78 is 7.34. The standard InChI is InChI=1S/C20H25N5O3S/c1-13-10-25-12-15(23-20(25)29-13)9-21-18(26)17-4-3-14(22-19(17)27)11-24(2)16-5-7-28-8-6-16/h3-4,10,12,16H,5-9,11H2,1-2H3,(H,21,26)(H,22,27). The van der Waals surface area contributed by atoms with Gasteiger partial charge in [-0.2, -0.15) is 0 Å². The van der Waals surface area contributed by atoms with E-state index in [2.05, 4.69) is 20.2 Å². The maximum absolute atomic E-state index is 12.4. The van der Waals surface area contributed by atoms with E-state index in [0.717, 1.165) is 42.4 Å². The van der Waals surface area contributed by atoms with Crippen LogP contribution >= 0.6 is 11.3 Å². The van der Waals surface area contributed by atoms with Crippen molar-refractivity contribution in [3.63, 3.8) is 0 Å². The molecule has 9 heteroatoms. The van der Waals surface area contributed by atoms with Crippen molar-refractivity contribution >= 4 is 22.2 Å². The molecule has 154 valence electrons. The zero-order chi connectivity index (χ0) is 20.4. The maximum Gasteiger partial charge on any atom is 0.261 e. The molecule has 0 saturated carbocycles. The summed E-state index contributed by atoms with van der Waals surface area (Å²) in [6, 6.07) is 3.85. The largest absolute Gasteiger partial charge is 0.381 e. The number of imidazole rings is 1. The van der Waals surface area contributed by atoms with Crippen LogP contribution in [0.5, 0.6) is 0 Å². The van der Waals surface area contributed by atoms with Crippen LogP contribution in [0, 0.1) is 6.92 Å². The predicted octanol–water partition coefficient (Wildman–Crippen LogP) is 1.93. The van der Waals surface area contributed by atoms with Crippen molar-refractivity contribution in [2.75, 3.05) is 20.3 Å². The predicted molar refractivity (Wildman–Crippen MR) is 111 cm³/mol. The lowest BCUT2D eigenvalue weighted by molar-refractivity contribution is 0.0403. The number of aromatic amines is 1. The SMILES string of the molecule is Cc1cn2cc(CNC(=O)c3ccc(CN(C)C4CCOCC4)[nH]c3=O)nc2s1. The number of aromatic nitrogens is 3. The summed E-state index contributed by atoms with van der Waals surface area (Å²) in [6.07, 6.45) is 5.87. The van der Waals surface area contributed by atoms with E-state index >= 15 is 0 Å². The van der Waals surface area contributed by atoms with Crippen molar-refractivity contribution in [2.24, 2.45) is 0 Å². The minimum atomic E-state index is -0.400. The Morgan fingerprint density at radius 2 is 2.17 bits per heavy atom. The summed E-state index contributed by atoms with van der Waals surface area (Å²) in [5, 5.41) is 2.78. The molecule has 0 atom stereocenters. The van der Waals surface area contributed by atoms with Gasteiger partial charge in [0.15, 0.2) is 4.96 Å². The number of carbonyl (C=O) groups excluding carboxylic acids is 1. The van der Waals surface area contributed by atoms with Crippen molar-refractivity contribution in [1.29, 1.82) is 0 Å². The van der Waals surface area contributed by atoms with Crippen LogP contribution in [0.1, 0.15) is 39.5 Å². The first-order valence-corrected chi connectivity index (χ1v) is 10.5. The topological polar surface area (TPSA) is 91.7 Å². The molecule has 1 fully saturated rings. The number of hydrogen-bond acceptors (Lipinski definition) is 6. The number of rotatable bonds is 6. The molecule has 0 aromatic carbocycles. The van der Waals surface area contributed by atoms with E-state index in [9.17, 15) is 9.59 Å². The lowest BCUT2D eigenvalue weighted by atomic mass is 10.1. The molecule has 0 radical (unpaired) electrons. The quantitative estimate of drug-likeness (QED) is 0.642. The third-order valence-corrected chi connectivity index (χ3v) is 6.11. The van der Waals surface area contributed by atoms with Gasteiger partial charge >= 0.3 is 0 Å². The van der Waals surface area contributed by atoms with Crippen molar-refractivity contribution in [1.82, 2.24) is 24.6 Å². The number of hydrogen-bond donors (Lipinski definition) is 2. The highest BCUT2D eigenvalue weighted by Gasteiger charge is 2.19. The number of pyridine rings is 1. The Labute approximate surface area is 172 Å². The summed E-state index contributed by atoms with van der Waals surface area (Å²) in [4.78, 5) is 36.5. The fraction of sp³-hybridized carbons (Fsp3) is 0.450. The summed E-state index contributed by atoms with van der Waals surface area (Å²) >= 11 is 1.60. The molecule has 8 nitrogen and oxygen atoms in total. The van der Waals surface area contributed by atoms with E-state index in [1.54, 1.807) is 17.4 Å². The van der Waals surface area contributed by atoms with Crippen molar-refractivity contribution in [2.45, 2.75) is 38.9 Å². The second-order valence-corrected chi connectivity index (χ2v) is 8.64. The number of nitrogens with zero attached hydrogens (tertiary/aromatic N) is 3. The van der Waals surface area contributed by atoms with Crippen LogP contribution in [0.15, 0.2) is 29.3 Å². The molecule has 1 saturated heterocycles. The Balaban J connectivity index is 1.36. The van der Waals surface area contributed by atoms with Gasteiger partial charge in [0, 0.05) is 48.8 Å². The molecule has 29 heavy (non-hydrogen) atoms. The highest BCUT2D eigenvalue weighted by molar-refractivity contribution is 7.16. The van der Waals surface area contributed by atoms with Crippen LogP contribution in [0.4, 0.5) is 0 Å². The number of carbonyl (C=O) groups is 1. The lowest BCUT2D eigenvalue weighted by Gasteiger charge is -2.31. The number of H-pyrrole nitrogens is 1. The molecular formula is C20H25N5O3S. The average Bonchev–Trinajstić information content (AvgIpc) is 3.23. The van der Waals surface area contributed by atoms with Crippen LogP contribution < -0.4 is 10.9 Å². The molecule has 3 aromatic rings. The number of ether oxygens (including phenoxy) is 1. The van der Waals surface area contributed by atoms with Gasteiger partial charge in [0.05, 0.1) is 12.2 Å². The molecular weight excluding hydrogens is 390 g/mol. The first kappa shape index (κ1) is 19.8. The Hall–Kier alpha value is -2.49. The Morgan fingerprint density at radius 1 is 1.38 bits per heavy atom. The van der Waals surface area contributed by atoms with Crippen LogP contribution in [0.3, 0.4) is 0 Å². The average molecular weight is 416 g/mol. The number of aryl methyl sites for hydroxylation is 1. The minimum Gasteiger partial charge on any atom is -0.381 e. The fourth-order valence-electron chi connectivity index (χ4n) is 3.62. The monoisotopic (exact) mass is 415 g/mol. The van der Waals surface area contributed by atoms with Crippen LogP contribution in [0.25, 0.3) is 4.96 Å². The molecule has 3 aromatic heterocycles. The van der Waals surface area contributed by atoms with E-state index in [1.165, 1.54) is 4.88 Å². The molecule has 0 aliphatic carbocycles. The number of nitrogens with one attached hydrogen (secondary N) is 2. The molecule has 0 unspecified atom stereocenters. The summed E-state index contributed by atoms with van der Waals surface area (Å²) in [5.41, 5.74) is 1.29. The van der Waals surface area contributed by atoms with E-state index in [4.69, 9.17) is 4.74 Å². The normalized spacial score (nSPS) is 15.3. The van der Waals surface area contributed by atoms with Crippen molar-refractivity contribution in [3.05, 3.63) is 56.7 Å². The molecule has 1 aliphatic heterocycles. The van der Waals surface area contributed by atoms with E-state index < -0.39 is 5.91 Å². The van der Waals surface area contributed by atoms with E-state index in [0.29, 0.717) is 12.6 Å². The lowest BCUT2D eigenvalue weighted by Crippen LogP contribution is -2.37. The molecule has 4 rings (SSSR count). The highest BCUT2D eigenvalue weighted by Crippen LogP contribution is 2.17. The van der Waals surface area contributed by atoms with Crippen LogP contribution in [-0.4, -0.2) is 51.5 Å². The fourth-order valence-corrected chi connectivity index (χ4v) is 4.45. The first-order valence-electron chi connectivity index (χ1n) is 9.72. The molecule has 4 heterocycles. The smallest absolute Gasteiger partial charge is 0.261 e. The summed E-state index contributed by atoms with van der Waals surface area (Å²) in [7, 11) is 2.05. The molecule has 1 amide bonds. The summed E-state index contributed by atoms with van der Waals surface area (Å²) in [6.45, 7) is 4.49. The summed E-state index contributed by atoms with van der Waals surface area (Å²) in [5.74, 6) is -0.400. The van der Waals surface area contributed by atoms with Gasteiger partial charge in [0.2, 0.25) is 0 Å². The van der Waals surface area contributed by atoms with Gasteiger partial charge < -0.3 is 15.0 Å². The Kier molecular flexibility index (Phi) is 5.79. The molecule has 1 aliphatic rings. The zero-order valence-electron chi connectivity index (χ0n) is 16.6. The van der Waals surface area contributed by atoms with Gasteiger partial charge in [-0.15, -0.1) is 11.3 Å². The number of fused-ring (bicyclic) bond motifs is 1. The third-order valence-electron chi connectivity index (χ3n) is 5.20. The molecule has 0 spiro atoms. The van der Waals surface area contributed by atoms with Crippen LogP contribution in [-0.2, 0) is 17.8 Å². The highest BCUT2D eigenvalue weighted by atomic mass is 32.1. The van der Waals surface area contributed by atoms with Gasteiger partial charge in [-0.25, -0.2) is 4.98 Å². The van der Waals surface area contributed by atoms with E-state index in [1.807, 2.05) is 36.8 Å². The zero-order valence-corrected chi connectivity index (χ0v) is 17.4. The minimum absolute atomic E-state index is 0.110. The second kappa shape index (κ2) is 8.48. The Morgan fingerprint density at radius 3 is 2.90 bits per heavy atom. The van der Waals surface area contributed by atoms with Gasteiger partial charge in [-0.1, -0.05) is 0 Å². The first-order chi connectivity index (χ1) is 14.0. The van der Waals surface area contributed by atoms with Gasteiger partial charge in [-0.05, 0) is 38.9 Å². The molecule has 0 bridgehead atoms. The number of amides is 1. The van der Waals surface area contributed by atoms with Crippen LogP contribution in [0.2, 0.25) is 0 Å². The molecule has 2 N–H and O–H groups in total. The van der Waals surface area contributed by atoms with Crippen molar-refractivity contribution < 1.29 is 9.53 Å². The third kappa shape index (κ3) is 4.58. The van der Waals surface area contributed by atoms with Crippen molar-refractivity contribution in [3.8, 4) is 0 Å². The number of thiazole rings is 1.